The molecule has 1 heterocycles. The maximum atomic E-state index is 10.9. The van der Waals surface area contributed by atoms with Crippen molar-refractivity contribution >= 4 is 5.91 Å². The lowest BCUT2D eigenvalue weighted by Crippen LogP contribution is -2.51. The molecule has 2 aliphatic rings. The van der Waals surface area contributed by atoms with Gasteiger partial charge in [-0.25, -0.2) is 0 Å². The molecule has 1 amide bonds. The van der Waals surface area contributed by atoms with E-state index in [1.54, 1.807) is 14.2 Å². The van der Waals surface area contributed by atoms with Gasteiger partial charge in [0.25, 0.3) is 5.91 Å². The Balaban J connectivity index is 1.73. The van der Waals surface area contributed by atoms with Gasteiger partial charge in [0, 0.05) is 33.4 Å². The number of ether oxygens (including phenoxy) is 4. The van der Waals surface area contributed by atoms with Crippen LogP contribution >= 0.6 is 0 Å². The standard InChI is InChI=1S/C20H30N2O5/c1-24-15-6-7-20(26-3)8-9-22(18(20)11-15)12-14-4-5-16(17(10-14)25-2)27-13-19(21)23/h4-5,10,15,18H,6-9,11-13H2,1-3H3,(H2,21,23)/t15?,18?,20-/m1/s1. The first kappa shape index (κ1) is 19.9. The highest BCUT2D eigenvalue weighted by Crippen LogP contribution is 2.43. The first-order valence-electron chi connectivity index (χ1n) is 9.41. The molecular formula is C20H30N2O5. The van der Waals surface area contributed by atoms with Crippen molar-refractivity contribution in [2.45, 2.75) is 50.0 Å². The van der Waals surface area contributed by atoms with Crippen LogP contribution in [-0.2, 0) is 20.8 Å². The smallest absolute Gasteiger partial charge is 0.255 e. The van der Waals surface area contributed by atoms with Crippen LogP contribution in [0.4, 0.5) is 0 Å². The molecule has 150 valence electrons. The van der Waals surface area contributed by atoms with E-state index in [-0.39, 0.29) is 18.3 Å². The first-order valence-corrected chi connectivity index (χ1v) is 9.41. The monoisotopic (exact) mass is 378 g/mol. The van der Waals surface area contributed by atoms with Crippen LogP contribution in [0.25, 0.3) is 0 Å². The van der Waals surface area contributed by atoms with Crippen LogP contribution in [0.3, 0.4) is 0 Å². The minimum atomic E-state index is -0.515. The number of hydrogen-bond acceptors (Lipinski definition) is 6. The van der Waals surface area contributed by atoms with E-state index in [4.69, 9.17) is 24.7 Å². The van der Waals surface area contributed by atoms with Crippen molar-refractivity contribution in [3.05, 3.63) is 23.8 Å². The third-order valence-corrected chi connectivity index (χ3v) is 5.97. The summed E-state index contributed by atoms with van der Waals surface area (Å²) in [5.74, 6) is 0.605. The zero-order valence-electron chi connectivity index (χ0n) is 16.4. The third-order valence-electron chi connectivity index (χ3n) is 5.97. The summed E-state index contributed by atoms with van der Waals surface area (Å²) in [7, 11) is 5.21. The number of hydrogen-bond donors (Lipinski definition) is 1. The van der Waals surface area contributed by atoms with Crippen LogP contribution in [0.5, 0.6) is 11.5 Å². The Kier molecular flexibility index (Phi) is 6.24. The van der Waals surface area contributed by atoms with E-state index in [2.05, 4.69) is 4.90 Å². The summed E-state index contributed by atoms with van der Waals surface area (Å²) in [5, 5.41) is 0. The molecule has 1 saturated carbocycles. The van der Waals surface area contributed by atoms with E-state index >= 15 is 0 Å². The summed E-state index contributed by atoms with van der Waals surface area (Å²) < 4.78 is 22.5. The molecule has 27 heavy (non-hydrogen) atoms. The van der Waals surface area contributed by atoms with Gasteiger partial charge >= 0.3 is 0 Å². The lowest BCUT2D eigenvalue weighted by atomic mass is 9.79. The number of benzene rings is 1. The number of carbonyl (C=O) groups is 1. The van der Waals surface area contributed by atoms with Gasteiger partial charge in [-0.15, -0.1) is 0 Å². The molecule has 1 saturated heterocycles. The number of carbonyl (C=O) groups excluding carboxylic acids is 1. The van der Waals surface area contributed by atoms with E-state index in [0.29, 0.717) is 17.5 Å². The molecule has 2 unspecified atom stereocenters. The minimum absolute atomic E-state index is 0.0658. The second kappa shape index (κ2) is 8.46. The number of primary amides is 1. The van der Waals surface area contributed by atoms with Crippen molar-refractivity contribution in [1.82, 2.24) is 4.90 Å². The van der Waals surface area contributed by atoms with E-state index < -0.39 is 5.91 Å². The summed E-state index contributed by atoms with van der Waals surface area (Å²) in [5.41, 5.74) is 6.21. The molecule has 0 radical (unpaired) electrons. The minimum Gasteiger partial charge on any atom is -0.493 e. The normalized spacial score (nSPS) is 28.0. The molecule has 1 aromatic carbocycles. The van der Waals surface area contributed by atoms with Crippen LogP contribution in [0.15, 0.2) is 18.2 Å². The quantitative estimate of drug-likeness (QED) is 0.742. The summed E-state index contributed by atoms with van der Waals surface area (Å²) in [6.07, 6.45) is 4.40. The average molecular weight is 378 g/mol. The molecule has 7 nitrogen and oxygen atoms in total. The summed E-state index contributed by atoms with van der Waals surface area (Å²) in [6, 6.07) is 6.13. The highest BCUT2D eigenvalue weighted by molar-refractivity contribution is 5.75. The zero-order valence-corrected chi connectivity index (χ0v) is 16.4. The molecule has 0 aromatic heterocycles. The maximum Gasteiger partial charge on any atom is 0.255 e. The average Bonchev–Trinajstić information content (AvgIpc) is 3.04. The second-order valence-corrected chi connectivity index (χ2v) is 7.38. The van der Waals surface area contributed by atoms with Crippen molar-refractivity contribution < 1.29 is 23.7 Å². The third kappa shape index (κ3) is 4.20. The van der Waals surface area contributed by atoms with Gasteiger partial charge in [0.2, 0.25) is 0 Å². The van der Waals surface area contributed by atoms with Crippen LogP contribution < -0.4 is 15.2 Å². The maximum absolute atomic E-state index is 10.9. The fourth-order valence-electron chi connectivity index (χ4n) is 4.47. The number of rotatable bonds is 8. The Labute approximate surface area is 160 Å². The van der Waals surface area contributed by atoms with E-state index in [0.717, 1.165) is 44.3 Å². The van der Waals surface area contributed by atoms with Gasteiger partial charge < -0.3 is 24.7 Å². The largest absolute Gasteiger partial charge is 0.493 e. The van der Waals surface area contributed by atoms with Crippen molar-refractivity contribution in [2.75, 3.05) is 34.5 Å². The van der Waals surface area contributed by atoms with Crippen molar-refractivity contribution in [1.29, 1.82) is 0 Å². The number of fused-ring (bicyclic) bond motifs is 1. The Morgan fingerprint density at radius 1 is 1.26 bits per heavy atom. The first-order chi connectivity index (χ1) is 13.0. The van der Waals surface area contributed by atoms with Gasteiger partial charge in [0.1, 0.15) is 0 Å². The molecular weight excluding hydrogens is 348 g/mol. The van der Waals surface area contributed by atoms with E-state index in [1.165, 1.54) is 0 Å². The van der Waals surface area contributed by atoms with Crippen LogP contribution in [0.2, 0.25) is 0 Å². The summed E-state index contributed by atoms with van der Waals surface area (Å²) in [6.45, 7) is 1.63. The number of amides is 1. The predicted octanol–water partition coefficient (Wildman–Crippen LogP) is 1.72. The van der Waals surface area contributed by atoms with Crippen molar-refractivity contribution in [3.8, 4) is 11.5 Å². The molecule has 0 bridgehead atoms. The second-order valence-electron chi connectivity index (χ2n) is 7.38. The molecule has 0 spiro atoms. The zero-order chi connectivity index (χ0) is 19.4. The molecule has 1 aromatic rings. The van der Waals surface area contributed by atoms with E-state index in [9.17, 15) is 4.79 Å². The Hall–Kier alpha value is -1.83. The lowest BCUT2D eigenvalue weighted by Gasteiger charge is -2.43. The number of likely N-dealkylation sites (tertiary alicyclic amines) is 1. The predicted molar refractivity (Wildman–Crippen MR) is 101 cm³/mol. The Bertz CT molecular complexity index is 668. The number of methoxy groups -OCH3 is 3. The lowest BCUT2D eigenvalue weighted by molar-refractivity contribution is -0.119. The van der Waals surface area contributed by atoms with Gasteiger partial charge in [-0.2, -0.15) is 0 Å². The van der Waals surface area contributed by atoms with Crippen molar-refractivity contribution in [3.63, 3.8) is 0 Å². The van der Waals surface area contributed by atoms with Crippen LogP contribution in [0, 0.1) is 0 Å². The molecule has 7 heteroatoms. The summed E-state index contributed by atoms with van der Waals surface area (Å²) >= 11 is 0. The highest BCUT2D eigenvalue weighted by atomic mass is 16.5. The Morgan fingerprint density at radius 2 is 2.07 bits per heavy atom. The van der Waals surface area contributed by atoms with Gasteiger partial charge in [0.15, 0.2) is 18.1 Å². The fraction of sp³-hybridized carbons (Fsp3) is 0.650. The van der Waals surface area contributed by atoms with Gasteiger partial charge in [-0.05, 0) is 43.4 Å². The number of nitrogens with two attached hydrogens (primary N) is 1. The molecule has 3 atom stereocenters. The van der Waals surface area contributed by atoms with Crippen molar-refractivity contribution in [2.24, 2.45) is 5.73 Å². The molecule has 2 N–H and O–H groups in total. The molecule has 1 aliphatic carbocycles. The van der Waals surface area contributed by atoms with Gasteiger partial charge in [0.05, 0.1) is 18.8 Å². The van der Waals surface area contributed by atoms with Gasteiger partial charge in [-0.1, -0.05) is 6.07 Å². The van der Waals surface area contributed by atoms with E-state index in [1.807, 2.05) is 25.3 Å². The summed E-state index contributed by atoms with van der Waals surface area (Å²) in [4.78, 5) is 13.4. The SMILES string of the molecule is COc1cc(CN2CC[C@]3(OC)CCC(OC)CC23)ccc1OCC(N)=O. The molecule has 3 rings (SSSR count). The fourth-order valence-corrected chi connectivity index (χ4v) is 4.47. The molecule has 2 fully saturated rings. The van der Waals surface area contributed by atoms with Crippen LogP contribution in [-0.4, -0.2) is 63.0 Å². The number of nitrogens with zero attached hydrogens (tertiary/aromatic N) is 1. The highest BCUT2D eigenvalue weighted by Gasteiger charge is 2.50. The topological polar surface area (TPSA) is 83.2 Å². The van der Waals surface area contributed by atoms with Gasteiger partial charge in [-0.3, -0.25) is 9.69 Å². The van der Waals surface area contributed by atoms with Crippen LogP contribution in [0.1, 0.15) is 31.2 Å². The molecule has 1 aliphatic heterocycles. The Morgan fingerprint density at radius 3 is 2.74 bits per heavy atom.